The summed E-state index contributed by atoms with van der Waals surface area (Å²) in [6.07, 6.45) is 3.04. The molecule has 4 nitrogen and oxygen atoms in total. The van der Waals surface area contributed by atoms with E-state index in [1.807, 2.05) is 48.5 Å². The van der Waals surface area contributed by atoms with Crippen molar-refractivity contribution in [3.63, 3.8) is 0 Å². The molecule has 5 rings (SSSR count). The molecular weight excluding hydrogens is 422 g/mol. The van der Waals surface area contributed by atoms with Gasteiger partial charge in [0.1, 0.15) is 17.4 Å². The molecule has 0 bridgehead atoms. The average Bonchev–Trinajstić information content (AvgIpc) is 2.83. The van der Waals surface area contributed by atoms with Gasteiger partial charge in [-0.25, -0.2) is 4.79 Å². The molecule has 0 unspecified atom stereocenters. The quantitative estimate of drug-likeness (QED) is 0.454. The van der Waals surface area contributed by atoms with Crippen LogP contribution in [0.3, 0.4) is 0 Å². The number of ether oxygens (including phenoxy) is 2. The predicted molar refractivity (Wildman–Crippen MR) is 135 cm³/mol. The monoisotopic (exact) mass is 455 g/mol. The number of hydrogen-bond acceptors (Lipinski definition) is 4. The van der Waals surface area contributed by atoms with Crippen LogP contribution >= 0.6 is 0 Å². The molecule has 2 N–H and O–H groups in total. The highest BCUT2D eigenvalue weighted by molar-refractivity contribution is 5.96. The lowest BCUT2D eigenvalue weighted by Crippen LogP contribution is -2.37. The molecule has 0 spiro atoms. The van der Waals surface area contributed by atoms with Crippen molar-refractivity contribution in [3.8, 4) is 5.75 Å². The third kappa shape index (κ3) is 4.06. The number of hydrogen-bond donors (Lipinski definition) is 1. The van der Waals surface area contributed by atoms with Crippen molar-refractivity contribution in [1.29, 1.82) is 0 Å². The minimum absolute atomic E-state index is 0.106. The van der Waals surface area contributed by atoms with E-state index < -0.39 is 0 Å². The number of benzene rings is 3. The van der Waals surface area contributed by atoms with Gasteiger partial charge in [0.05, 0.1) is 5.92 Å². The van der Waals surface area contributed by atoms with Gasteiger partial charge in [0.15, 0.2) is 0 Å². The minimum atomic E-state index is -0.366. The van der Waals surface area contributed by atoms with E-state index in [0.717, 1.165) is 34.7 Å². The van der Waals surface area contributed by atoms with Crippen LogP contribution in [0, 0.1) is 17.8 Å². The number of esters is 1. The molecule has 176 valence electrons. The van der Waals surface area contributed by atoms with Crippen LogP contribution in [0.15, 0.2) is 78.2 Å². The molecule has 0 radical (unpaired) electrons. The standard InChI is InChI=1S/C30H33NO3/c1-18(2)22-15-13-19(3)17-25(22)33-30(32)27-26(21-10-5-4-6-11-21)24-16-14-20-9-7-8-12-23(20)28(24)34-29(27)31/h4-12,14,16,18-19,22,25-26H,13,15,17,31H2,1-3H3/t19-,22+,25-,26-/m1/s1. The van der Waals surface area contributed by atoms with E-state index in [2.05, 4.69) is 39.0 Å². The van der Waals surface area contributed by atoms with E-state index in [-0.39, 0.29) is 23.9 Å². The van der Waals surface area contributed by atoms with Crippen LogP contribution < -0.4 is 10.5 Å². The predicted octanol–water partition coefficient (Wildman–Crippen LogP) is 6.54. The number of carbonyl (C=O) groups is 1. The first-order valence-corrected chi connectivity index (χ1v) is 12.4. The summed E-state index contributed by atoms with van der Waals surface area (Å²) in [6.45, 7) is 6.67. The van der Waals surface area contributed by atoms with Gasteiger partial charge < -0.3 is 15.2 Å². The van der Waals surface area contributed by atoms with Crippen molar-refractivity contribution >= 4 is 16.7 Å². The maximum atomic E-state index is 13.8. The average molecular weight is 456 g/mol. The molecule has 34 heavy (non-hydrogen) atoms. The van der Waals surface area contributed by atoms with Crippen molar-refractivity contribution in [3.05, 3.63) is 89.3 Å². The van der Waals surface area contributed by atoms with E-state index in [1.54, 1.807) is 0 Å². The van der Waals surface area contributed by atoms with Gasteiger partial charge in [-0.1, -0.05) is 93.9 Å². The largest absolute Gasteiger partial charge is 0.459 e. The Hall–Kier alpha value is -3.27. The Balaban J connectivity index is 1.57. The molecule has 3 aromatic rings. The zero-order chi connectivity index (χ0) is 23.8. The molecule has 2 aliphatic rings. The Morgan fingerprint density at radius 2 is 1.74 bits per heavy atom. The van der Waals surface area contributed by atoms with E-state index in [9.17, 15) is 4.79 Å². The molecule has 1 saturated carbocycles. The van der Waals surface area contributed by atoms with Gasteiger partial charge in [0, 0.05) is 10.9 Å². The summed E-state index contributed by atoms with van der Waals surface area (Å²) < 4.78 is 12.4. The third-order valence-corrected chi connectivity index (χ3v) is 7.56. The molecule has 3 aromatic carbocycles. The lowest BCUT2D eigenvalue weighted by molar-refractivity contribution is -0.151. The molecule has 1 fully saturated rings. The first kappa shape index (κ1) is 22.5. The Morgan fingerprint density at radius 3 is 2.50 bits per heavy atom. The second-order valence-electron chi connectivity index (χ2n) is 10.2. The zero-order valence-electron chi connectivity index (χ0n) is 20.2. The van der Waals surface area contributed by atoms with Crippen LogP contribution in [0.1, 0.15) is 57.1 Å². The molecule has 0 amide bonds. The number of rotatable bonds is 4. The SMILES string of the molecule is CC(C)[C@@H]1CC[C@@H](C)C[C@H]1OC(=O)C1=C(N)Oc2c(ccc3ccccc23)[C@H]1c1ccccc1. The second-order valence-corrected chi connectivity index (χ2v) is 10.2. The maximum absolute atomic E-state index is 13.8. The fraction of sp³-hybridized carbons (Fsp3) is 0.367. The Morgan fingerprint density at radius 1 is 1.00 bits per heavy atom. The van der Waals surface area contributed by atoms with Gasteiger partial charge in [-0.05, 0) is 41.5 Å². The summed E-state index contributed by atoms with van der Waals surface area (Å²) in [4.78, 5) is 13.8. The van der Waals surface area contributed by atoms with Crippen LogP contribution in [0.4, 0.5) is 0 Å². The summed E-state index contributed by atoms with van der Waals surface area (Å²) in [5, 5.41) is 2.06. The zero-order valence-corrected chi connectivity index (χ0v) is 20.2. The third-order valence-electron chi connectivity index (χ3n) is 7.56. The van der Waals surface area contributed by atoms with Crippen LogP contribution in [0.2, 0.25) is 0 Å². The van der Waals surface area contributed by atoms with Crippen molar-refractivity contribution in [1.82, 2.24) is 0 Å². The highest BCUT2D eigenvalue weighted by atomic mass is 16.5. The van der Waals surface area contributed by atoms with Crippen LogP contribution in [-0.2, 0) is 9.53 Å². The van der Waals surface area contributed by atoms with Gasteiger partial charge >= 0.3 is 5.97 Å². The van der Waals surface area contributed by atoms with Crippen molar-refractivity contribution < 1.29 is 14.3 Å². The maximum Gasteiger partial charge on any atom is 0.340 e. The van der Waals surface area contributed by atoms with E-state index >= 15 is 0 Å². The Kier molecular flexibility index (Phi) is 6.07. The van der Waals surface area contributed by atoms with Crippen molar-refractivity contribution in [2.24, 2.45) is 23.5 Å². The fourth-order valence-electron chi connectivity index (χ4n) is 5.73. The Labute approximate surface area is 201 Å². The van der Waals surface area contributed by atoms with Gasteiger partial charge in [-0.2, -0.15) is 0 Å². The summed E-state index contributed by atoms with van der Waals surface area (Å²) in [7, 11) is 0. The number of nitrogens with two attached hydrogens (primary N) is 1. The van der Waals surface area contributed by atoms with Crippen molar-refractivity contribution in [2.75, 3.05) is 0 Å². The molecule has 1 aliphatic carbocycles. The number of fused-ring (bicyclic) bond motifs is 3. The van der Waals surface area contributed by atoms with E-state index in [0.29, 0.717) is 29.1 Å². The molecule has 1 aliphatic heterocycles. The highest BCUT2D eigenvalue weighted by Gasteiger charge is 2.39. The molecular formula is C30H33NO3. The summed E-state index contributed by atoms with van der Waals surface area (Å²) in [5.41, 5.74) is 8.82. The molecule has 4 atom stereocenters. The van der Waals surface area contributed by atoms with Crippen molar-refractivity contribution in [2.45, 2.75) is 52.1 Å². The summed E-state index contributed by atoms with van der Waals surface area (Å²) >= 11 is 0. The Bertz CT molecular complexity index is 1230. The first-order chi connectivity index (χ1) is 16.4. The van der Waals surface area contributed by atoms with Gasteiger partial charge in [-0.3, -0.25) is 0 Å². The molecule has 0 saturated heterocycles. The second kappa shape index (κ2) is 9.17. The smallest absolute Gasteiger partial charge is 0.340 e. The first-order valence-electron chi connectivity index (χ1n) is 12.4. The van der Waals surface area contributed by atoms with Crippen LogP contribution in [-0.4, -0.2) is 12.1 Å². The lowest BCUT2D eigenvalue weighted by atomic mass is 9.75. The van der Waals surface area contributed by atoms with Gasteiger partial charge in [0.25, 0.3) is 0 Å². The lowest BCUT2D eigenvalue weighted by Gasteiger charge is -2.37. The van der Waals surface area contributed by atoms with E-state index in [1.165, 1.54) is 6.42 Å². The van der Waals surface area contributed by atoms with Crippen LogP contribution in [0.5, 0.6) is 5.75 Å². The molecule has 4 heteroatoms. The van der Waals surface area contributed by atoms with Crippen LogP contribution in [0.25, 0.3) is 10.8 Å². The normalized spacial score (nSPS) is 24.6. The van der Waals surface area contributed by atoms with E-state index in [4.69, 9.17) is 15.2 Å². The fourth-order valence-corrected chi connectivity index (χ4v) is 5.73. The molecule has 1 heterocycles. The minimum Gasteiger partial charge on any atom is -0.459 e. The molecule has 0 aromatic heterocycles. The number of carbonyl (C=O) groups excluding carboxylic acids is 1. The summed E-state index contributed by atoms with van der Waals surface area (Å²) in [6, 6.07) is 22.2. The highest BCUT2D eigenvalue weighted by Crippen LogP contribution is 2.46. The summed E-state index contributed by atoms with van der Waals surface area (Å²) in [5.74, 6) is 1.49. The van der Waals surface area contributed by atoms with Gasteiger partial charge in [0.2, 0.25) is 5.88 Å². The van der Waals surface area contributed by atoms with Gasteiger partial charge in [-0.15, -0.1) is 0 Å². The topological polar surface area (TPSA) is 61.5 Å².